The number of carbonyl (C=O) groups is 1. The maximum absolute atomic E-state index is 12.8. The molecule has 4 aromatic rings. The van der Waals surface area contributed by atoms with Crippen molar-refractivity contribution in [1.82, 2.24) is 5.32 Å². The van der Waals surface area contributed by atoms with Crippen LogP contribution in [-0.4, -0.2) is 11.0 Å². The first-order chi connectivity index (χ1) is 14.7. The van der Waals surface area contributed by atoms with Crippen LogP contribution in [0.4, 0.5) is 0 Å². The fraction of sp³-hybridized carbons (Fsp3) is 0.0385. The van der Waals surface area contributed by atoms with Gasteiger partial charge in [-0.3, -0.25) is 4.79 Å². The molecule has 0 bridgehead atoms. The molecule has 4 rings (SSSR count). The van der Waals surface area contributed by atoms with E-state index in [2.05, 4.69) is 5.32 Å². The number of phenols is 1. The van der Waals surface area contributed by atoms with Crippen molar-refractivity contribution in [3.05, 3.63) is 114 Å². The molecule has 0 aliphatic heterocycles. The molecule has 0 atom stereocenters. The van der Waals surface area contributed by atoms with Crippen molar-refractivity contribution in [3.8, 4) is 28.4 Å². The Labute approximate surface area is 175 Å². The summed E-state index contributed by atoms with van der Waals surface area (Å²) in [4.78, 5) is 12.8. The average Bonchev–Trinajstić information content (AvgIpc) is 2.79. The molecule has 4 nitrogen and oxygen atoms in total. The van der Waals surface area contributed by atoms with Crippen molar-refractivity contribution < 1.29 is 14.6 Å². The van der Waals surface area contributed by atoms with Crippen LogP contribution in [0.3, 0.4) is 0 Å². The van der Waals surface area contributed by atoms with Crippen LogP contribution in [-0.2, 0) is 6.54 Å². The number of aromatic hydroxyl groups is 1. The zero-order chi connectivity index (χ0) is 20.8. The van der Waals surface area contributed by atoms with Crippen molar-refractivity contribution >= 4 is 5.91 Å². The van der Waals surface area contributed by atoms with Gasteiger partial charge in [-0.2, -0.15) is 0 Å². The minimum absolute atomic E-state index is 0.0487. The summed E-state index contributed by atoms with van der Waals surface area (Å²) in [5.74, 6) is 1.27. The van der Waals surface area contributed by atoms with Crippen LogP contribution in [0.5, 0.6) is 17.2 Å². The van der Waals surface area contributed by atoms with Gasteiger partial charge < -0.3 is 15.2 Å². The van der Waals surface area contributed by atoms with Gasteiger partial charge in [0.15, 0.2) is 0 Å². The molecule has 2 N–H and O–H groups in total. The normalized spacial score (nSPS) is 10.4. The molecular weight excluding hydrogens is 374 g/mol. The Kier molecular flexibility index (Phi) is 5.76. The van der Waals surface area contributed by atoms with E-state index in [9.17, 15) is 9.90 Å². The van der Waals surface area contributed by atoms with Gasteiger partial charge in [-0.05, 0) is 59.2 Å². The molecule has 4 aromatic carbocycles. The highest BCUT2D eigenvalue weighted by Crippen LogP contribution is 2.30. The second kappa shape index (κ2) is 8.97. The van der Waals surface area contributed by atoms with E-state index in [0.717, 1.165) is 22.4 Å². The number of hydrogen-bond donors (Lipinski definition) is 2. The van der Waals surface area contributed by atoms with Gasteiger partial charge >= 0.3 is 0 Å². The molecule has 0 saturated heterocycles. The molecule has 1 amide bonds. The van der Waals surface area contributed by atoms with Crippen molar-refractivity contribution in [2.75, 3.05) is 0 Å². The molecule has 0 radical (unpaired) electrons. The Bertz CT molecular complexity index is 1120. The molecule has 0 heterocycles. The second-order valence-corrected chi connectivity index (χ2v) is 6.84. The Morgan fingerprint density at radius 2 is 1.40 bits per heavy atom. The van der Waals surface area contributed by atoms with Crippen LogP contribution < -0.4 is 10.1 Å². The monoisotopic (exact) mass is 395 g/mol. The van der Waals surface area contributed by atoms with Gasteiger partial charge in [-0.25, -0.2) is 0 Å². The average molecular weight is 395 g/mol. The number of hydrogen-bond acceptors (Lipinski definition) is 3. The first-order valence-electron chi connectivity index (χ1n) is 9.67. The third-order valence-electron chi connectivity index (χ3n) is 4.69. The second-order valence-electron chi connectivity index (χ2n) is 6.84. The highest BCUT2D eigenvalue weighted by molar-refractivity contribution is 6.01. The van der Waals surface area contributed by atoms with E-state index < -0.39 is 0 Å². The lowest BCUT2D eigenvalue weighted by atomic mass is 9.98. The minimum atomic E-state index is -0.241. The van der Waals surface area contributed by atoms with Gasteiger partial charge in [-0.1, -0.05) is 60.7 Å². The smallest absolute Gasteiger partial charge is 0.252 e. The number of nitrogens with one attached hydrogen (secondary N) is 1. The van der Waals surface area contributed by atoms with Gasteiger partial charge in [0.05, 0.1) is 5.56 Å². The first-order valence-corrected chi connectivity index (χ1v) is 9.67. The predicted octanol–water partition coefficient (Wildman–Crippen LogP) is 5.78. The molecule has 30 heavy (non-hydrogen) atoms. The predicted molar refractivity (Wildman–Crippen MR) is 118 cm³/mol. The third kappa shape index (κ3) is 4.67. The lowest BCUT2D eigenvalue weighted by molar-refractivity contribution is 0.0951. The maximum atomic E-state index is 12.8. The highest BCUT2D eigenvalue weighted by Gasteiger charge is 2.14. The van der Waals surface area contributed by atoms with E-state index >= 15 is 0 Å². The van der Waals surface area contributed by atoms with E-state index in [1.807, 2.05) is 84.9 Å². The molecule has 0 fully saturated rings. The summed E-state index contributed by atoms with van der Waals surface area (Å²) < 4.78 is 5.83. The topological polar surface area (TPSA) is 58.6 Å². The standard InChI is InChI=1S/C26H21NO3/c28-21-13-16-24(25(17-21)26(29)27-18-19-7-3-1-4-8-19)20-11-14-23(15-12-20)30-22-9-5-2-6-10-22/h1-17,28H,18H2,(H,27,29). The van der Waals surface area contributed by atoms with E-state index in [1.165, 1.54) is 6.07 Å². The van der Waals surface area contributed by atoms with Gasteiger partial charge in [0.2, 0.25) is 0 Å². The van der Waals surface area contributed by atoms with Crippen LogP contribution in [0.1, 0.15) is 15.9 Å². The summed E-state index contributed by atoms with van der Waals surface area (Å²) in [7, 11) is 0. The first kappa shape index (κ1) is 19.3. The van der Waals surface area contributed by atoms with Crippen LogP contribution in [0, 0.1) is 0 Å². The lowest BCUT2D eigenvalue weighted by Crippen LogP contribution is -2.23. The fourth-order valence-corrected chi connectivity index (χ4v) is 3.17. The third-order valence-corrected chi connectivity index (χ3v) is 4.69. The van der Waals surface area contributed by atoms with E-state index in [-0.39, 0.29) is 11.7 Å². The molecule has 0 aromatic heterocycles. The van der Waals surface area contributed by atoms with Gasteiger partial charge in [-0.15, -0.1) is 0 Å². The summed E-state index contributed by atoms with van der Waals surface area (Å²) in [5.41, 5.74) is 3.03. The minimum Gasteiger partial charge on any atom is -0.508 e. The Balaban J connectivity index is 1.54. The molecule has 148 valence electrons. The molecule has 0 saturated carbocycles. The van der Waals surface area contributed by atoms with Crippen molar-refractivity contribution in [2.24, 2.45) is 0 Å². The van der Waals surface area contributed by atoms with Gasteiger partial charge in [0.1, 0.15) is 17.2 Å². The largest absolute Gasteiger partial charge is 0.508 e. The fourth-order valence-electron chi connectivity index (χ4n) is 3.17. The van der Waals surface area contributed by atoms with E-state index in [1.54, 1.807) is 12.1 Å². The number of ether oxygens (including phenoxy) is 1. The highest BCUT2D eigenvalue weighted by atomic mass is 16.5. The van der Waals surface area contributed by atoms with Crippen LogP contribution >= 0.6 is 0 Å². The summed E-state index contributed by atoms with van der Waals surface area (Å²) in [6, 6.07) is 31.6. The lowest BCUT2D eigenvalue weighted by Gasteiger charge is -2.12. The molecule has 0 aliphatic rings. The van der Waals surface area contributed by atoms with Crippen LogP contribution in [0.25, 0.3) is 11.1 Å². The number of amides is 1. The molecule has 0 aliphatic carbocycles. The molecule has 0 unspecified atom stereocenters. The number of phenolic OH excluding ortho intramolecular Hbond substituents is 1. The number of para-hydroxylation sites is 1. The Hall–Kier alpha value is -4.05. The quantitative estimate of drug-likeness (QED) is 0.435. The molecule has 4 heteroatoms. The van der Waals surface area contributed by atoms with E-state index in [0.29, 0.717) is 17.9 Å². The summed E-state index contributed by atoms with van der Waals surface area (Å²) in [6.07, 6.45) is 0. The SMILES string of the molecule is O=C(NCc1ccccc1)c1cc(O)ccc1-c1ccc(Oc2ccccc2)cc1. The molecule has 0 spiro atoms. The van der Waals surface area contributed by atoms with Gasteiger partial charge in [0.25, 0.3) is 5.91 Å². The van der Waals surface area contributed by atoms with Gasteiger partial charge in [0, 0.05) is 6.54 Å². The summed E-state index contributed by atoms with van der Waals surface area (Å²) in [6.45, 7) is 0.415. The van der Waals surface area contributed by atoms with E-state index in [4.69, 9.17) is 4.74 Å². The summed E-state index contributed by atoms with van der Waals surface area (Å²) in [5, 5.41) is 12.8. The number of rotatable bonds is 6. The number of benzene rings is 4. The Morgan fingerprint density at radius 1 is 0.767 bits per heavy atom. The summed E-state index contributed by atoms with van der Waals surface area (Å²) >= 11 is 0. The van der Waals surface area contributed by atoms with Crippen LogP contribution in [0.2, 0.25) is 0 Å². The molecular formula is C26H21NO3. The zero-order valence-corrected chi connectivity index (χ0v) is 16.3. The van der Waals surface area contributed by atoms with Crippen molar-refractivity contribution in [2.45, 2.75) is 6.54 Å². The van der Waals surface area contributed by atoms with Crippen molar-refractivity contribution in [1.29, 1.82) is 0 Å². The Morgan fingerprint density at radius 3 is 2.10 bits per heavy atom. The number of carbonyl (C=O) groups excluding carboxylic acids is 1. The zero-order valence-electron chi connectivity index (χ0n) is 16.3. The van der Waals surface area contributed by atoms with Crippen LogP contribution in [0.15, 0.2) is 103 Å². The van der Waals surface area contributed by atoms with Crippen molar-refractivity contribution in [3.63, 3.8) is 0 Å². The maximum Gasteiger partial charge on any atom is 0.252 e.